The number of likely N-dealkylation sites (tertiary alicyclic amines) is 1. The van der Waals surface area contributed by atoms with Crippen molar-refractivity contribution in [2.45, 2.75) is 18.8 Å². The molecule has 1 saturated heterocycles. The fourth-order valence-electron chi connectivity index (χ4n) is 3.35. The molecular formula is C18H21N3O. The Labute approximate surface area is 130 Å². The zero-order chi connectivity index (χ0) is 15.1. The summed E-state index contributed by atoms with van der Waals surface area (Å²) in [5.41, 5.74) is 2.15. The highest BCUT2D eigenvalue weighted by Crippen LogP contribution is 2.32. The Hall–Kier alpha value is -2.07. The topological polar surface area (TPSA) is 34.2 Å². The number of piperidine rings is 1. The third-order valence-electron chi connectivity index (χ3n) is 4.76. The van der Waals surface area contributed by atoms with Gasteiger partial charge in [-0.3, -0.25) is 0 Å². The van der Waals surface area contributed by atoms with Crippen LogP contribution in [0.5, 0.6) is 0 Å². The molecule has 0 atom stereocenters. The number of hydrogen-bond donors (Lipinski definition) is 0. The monoisotopic (exact) mass is 295 g/mol. The van der Waals surface area contributed by atoms with Gasteiger partial charge in [0, 0.05) is 13.0 Å². The average molecular weight is 295 g/mol. The van der Waals surface area contributed by atoms with E-state index < -0.39 is 0 Å². The van der Waals surface area contributed by atoms with E-state index in [1.165, 1.54) is 12.8 Å². The van der Waals surface area contributed by atoms with Crippen LogP contribution in [-0.4, -0.2) is 34.6 Å². The minimum Gasteiger partial charge on any atom is -0.458 e. The normalized spacial score (nSPS) is 17.4. The molecule has 3 heterocycles. The molecule has 114 valence electrons. The second-order valence-electron chi connectivity index (χ2n) is 6.26. The number of imidazole rings is 1. The van der Waals surface area contributed by atoms with Crippen molar-refractivity contribution >= 4 is 11.0 Å². The van der Waals surface area contributed by atoms with Crippen LogP contribution >= 0.6 is 0 Å². The molecule has 4 nitrogen and oxygen atoms in total. The molecule has 1 fully saturated rings. The van der Waals surface area contributed by atoms with Gasteiger partial charge in [-0.05, 0) is 57.2 Å². The highest BCUT2D eigenvalue weighted by molar-refractivity contribution is 5.79. The molecule has 3 aromatic rings. The number of fused-ring (bicyclic) bond motifs is 1. The zero-order valence-corrected chi connectivity index (χ0v) is 13.1. The lowest BCUT2D eigenvalue weighted by molar-refractivity contribution is 0.241. The van der Waals surface area contributed by atoms with Crippen molar-refractivity contribution in [3.05, 3.63) is 42.2 Å². The van der Waals surface area contributed by atoms with Gasteiger partial charge in [0.1, 0.15) is 5.76 Å². The predicted octanol–water partition coefficient (Wildman–Crippen LogP) is 3.64. The highest BCUT2D eigenvalue weighted by Gasteiger charge is 2.22. The van der Waals surface area contributed by atoms with Crippen LogP contribution in [0.15, 0.2) is 40.8 Å². The number of hydrogen-bond acceptors (Lipinski definition) is 3. The Morgan fingerprint density at radius 3 is 2.59 bits per heavy atom. The van der Waals surface area contributed by atoms with Crippen LogP contribution in [0.2, 0.25) is 0 Å². The minimum atomic E-state index is 0.541. The van der Waals surface area contributed by atoms with Crippen molar-refractivity contribution in [3.63, 3.8) is 0 Å². The van der Waals surface area contributed by atoms with Gasteiger partial charge in [-0.2, -0.15) is 0 Å². The summed E-state index contributed by atoms with van der Waals surface area (Å²) in [7, 11) is 4.23. The lowest BCUT2D eigenvalue weighted by Gasteiger charge is -2.27. The van der Waals surface area contributed by atoms with Crippen molar-refractivity contribution in [3.8, 4) is 11.6 Å². The fraction of sp³-hybridized carbons (Fsp3) is 0.389. The van der Waals surface area contributed by atoms with Crippen LogP contribution in [0.3, 0.4) is 0 Å². The third-order valence-corrected chi connectivity index (χ3v) is 4.76. The number of nitrogens with zero attached hydrogens (tertiary/aromatic N) is 3. The van der Waals surface area contributed by atoms with Crippen molar-refractivity contribution in [1.29, 1.82) is 0 Å². The first-order valence-electron chi connectivity index (χ1n) is 7.92. The lowest BCUT2D eigenvalue weighted by atomic mass is 9.95. The van der Waals surface area contributed by atoms with Crippen molar-refractivity contribution in [2.24, 2.45) is 7.05 Å². The van der Waals surface area contributed by atoms with Gasteiger partial charge in [-0.25, -0.2) is 4.98 Å². The van der Waals surface area contributed by atoms with Crippen LogP contribution < -0.4 is 0 Å². The maximum atomic E-state index is 6.15. The molecule has 0 amide bonds. The summed E-state index contributed by atoms with van der Waals surface area (Å²) in [6.07, 6.45) is 2.35. The van der Waals surface area contributed by atoms with E-state index in [2.05, 4.69) is 34.7 Å². The summed E-state index contributed by atoms with van der Waals surface area (Å²) >= 11 is 0. The largest absolute Gasteiger partial charge is 0.458 e. The van der Waals surface area contributed by atoms with Crippen LogP contribution in [0.4, 0.5) is 0 Å². The van der Waals surface area contributed by atoms with Gasteiger partial charge in [0.25, 0.3) is 0 Å². The Bertz CT molecular complexity index is 794. The maximum Gasteiger partial charge on any atom is 0.176 e. The molecule has 0 spiro atoms. The summed E-state index contributed by atoms with van der Waals surface area (Å²) in [5, 5.41) is 0. The summed E-state index contributed by atoms with van der Waals surface area (Å²) in [4.78, 5) is 7.09. The molecule has 0 saturated carbocycles. The van der Waals surface area contributed by atoms with Crippen LogP contribution in [0.25, 0.3) is 22.6 Å². The van der Waals surface area contributed by atoms with Crippen LogP contribution in [-0.2, 0) is 7.05 Å². The van der Waals surface area contributed by atoms with Gasteiger partial charge in [-0.1, -0.05) is 12.1 Å². The predicted molar refractivity (Wildman–Crippen MR) is 87.9 cm³/mol. The molecule has 0 radical (unpaired) electrons. The molecule has 4 rings (SSSR count). The molecule has 1 aromatic carbocycles. The second kappa shape index (κ2) is 5.29. The lowest BCUT2D eigenvalue weighted by Crippen LogP contribution is -2.29. The molecule has 4 heteroatoms. The molecule has 0 N–H and O–H groups in total. The molecule has 1 aliphatic rings. The molecule has 0 unspecified atom stereocenters. The Morgan fingerprint density at radius 1 is 1.05 bits per heavy atom. The standard InChI is InChI=1S/C18H21N3O/c1-20-11-9-13(10-12-20)16-7-8-17(22-16)18-19-14-5-3-4-6-15(14)21(18)2/h3-8,13H,9-12H2,1-2H3. The van der Waals surface area contributed by atoms with E-state index >= 15 is 0 Å². The van der Waals surface area contributed by atoms with Gasteiger partial charge in [0.05, 0.1) is 11.0 Å². The van der Waals surface area contributed by atoms with E-state index in [0.717, 1.165) is 41.5 Å². The molecule has 1 aliphatic heterocycles. The zero-order valence-electron chi connectivity index (χ0n) is 13.1. The van der Waals surface area contributed by atoms with E-state index in [1.54, 1.807) is 0 Å². The molecule has 0 aliphatic carbocycles. The van der Waals surface area contributed by atoms with Crippen molar-refractivity contribution in [1.82, 2.24) is 14.5 Å². The van der Waals surface area contributed by atoms with Gasteiger partial charge in [0.15, 0.2) is 11.6 Å². The first-order chi connectivity index (χ1) is 10.7. The number of para-hydroxylation sites is 2. The van der Waals surface area contributed by atoms with E-state index in [4.69, 9.17) is 9.40 Å². The summed E-state index contributed by atoms with van der Waals surface area (Å²) < 4.78 is 8.26. The molecular weight excluding hydrogens is 274 g/mol. The van der Waals surface area contributed by atoms with E-state index in [-0.39, 0.29) is 0 Å². The van der Waals surface area contributed by atoms with E-state index in [0.29, 0.717) is 5.92 Å². The van der Waals surface area contributed by atoms with Gasteiger partial charge in [0.2, 0.25) is 0 Å². The summed E-state index contributed by atoms with van der Waals surface area (Å²) in [6, 6.07) is 12.4. The van der Waals surface area contributed by atoms with Gasteiger partial charge in [-0.15, -0.1) is 0 Å². The quantitative estimate of drug-likeness (QED) is 0.724. The Kier molecular flexibility index (Phi) is 3.26. The number of rotatable bonds is 2. The number of aromatic nitrogens is 2. The summed E-state index contributed by atoms with van der Waals surface area (Å²) in [5.74, 6) is 3.42. The fourth-order valence-corrected chi connectivity index (χ4v) is 3.35. The Morgan fingerprint density at radius 2 is 1.82 bits per heavy atom. The molecule has 2 aromatic heterocycles. The van der Waals surface area contributed by atoms with E-state index in [9.17, 15) is 0 Å². The molecule has 22 heavy (non-hydrogen) atoms. The van der Waals surface area contributed by atoms with Crippen LogP contribution in [0, 0.1) is 0 Å². The average Bonchev–Trinajstić information content (AvgIpc) is 3.14. The third kappa shape index (κ3) is 2.24. The number of aryl methyl sites for hydroxylation is 1. The molecule has 0 bridgehead atoms. The minimum absolute atomic E-state index is 0.541. The number of furan rings is 1. The first kappa shape index (κ1) is 13.6. The van der Waals surface area contributed by atoms with Crippen molar-refractivity contribution in [2.75, 3.05) is 20.1 Å². The maximum absolute atomic E-state index is 6.15. The first-order valence-corrected chi connectivity index (χ1v) is 7.92. The highest BCUT2D eigenvalue weighted by atomic mass is 16.3. The second-order valence-corrected chi connectivity index (χ2v) is 6.26. The van der Waals surface area contributed by atoms with Crippen molar-refractivity contribution < 1.29 is 4.42 Å². The van der Waals surface area contributed by atoms with Crippen LogP contribution in [0.1, 0.15) is 24.5 Å². The Balaban J connectivity index is 1.67. The smallest absolute Gasteiger partial charge is 0.176 e. The van der Waals surface area contributed by atoms with E-state index in [1.807, 2.05) is 25.2 Å². The number of benzene rings is 1. The summed E-state index contributed by atoms with van der Waals surface area (Å²) in [6.45, 7) is 2.29. The SMILES string of the molecule is CN1CCC(c2ccc(-c3nc4ccccc4n3C)o2)CC1. The van der Waals surface area contributed by atoms with Gasteiger partial charge < -0.3 is 13.9 Å². The van der Waals surface area contributed by atoms with Gasteiger partial charge >= 0.3 is 0 Å².